The summed E-state index contributed by atoms with van der Waals surface area (Å²) >= 11 is 0. The van der Waals surface area contributed by atoms with Gasteiger partial charge in [0.05, 0.1) is 23.9 Å². The third kappa shape index (κ3) is 2.95. The molecule has 23 heavy (non-hydrogen) atoms. The molecule has 2 aromatic carbocycles. The minimum absolute atomic E-state index is 0.110. The maximum Gasteiger partial charge on any atom is 0.132 e. The van der Waals surface area contributed by atoms with Gasteiger partial charge in [0.25, 0.3) is 0 Å². The van der Waals surface area contributed by atoms with Crippen molar-refractivity contribution in [2.45, 2.75) is 6.42 Å². The number of pyridine rings is 1. The van der Waals surface area contributed by atoms with E-state index in [0.29, 0.717) is 22.5 Å². The number of halogens is 2. The highest BCUT2D eigenvalue weighted by atomic mass is 19.1. The number of aromatic nitrogens is 1. The Labute approximate surface area is 132 Å². The van der Waals surface area contributed by atoms with Gasteiger partial charge < -0.3 is 0 Å². The molecule has 4 heteroatoms. The summed E-state index contributed by atoms with van der Waals surface area (Å²) in [5.41, 5.74) is 1.98. The van der Waals surface area contributed by atoms with Crippen LogP contribution in [-0.4, -0.2) is 4.98 Å². The monoisotopic (exact) mass is 306 g/mol. The van der Waals surface area contributed by atoms with Crippen LogP contribution in [0.3, 0.4) is 0 Å². The molecule has 0 atom stereocenters. The van der Waals surface area contributed by atoms with Crippen LogP contribution in [0.1, 0.15) is 5.69 Å². The Hall–Kier alpha value is -3.06. The summed E-state index contributed by atoms with van der Waals surface area (Å²) in [7, 11) is 0. The van der Waals surface area contributed by atoms with Crippen LogP contribution in [0, 0.1) is 23.0 Å². The molecule has 0 saturated heterocycles. The smallest absolute Gasteiger partial charge is 0.132 e. The van der Waals surface area contributed by atoms with Crippen molar-refractivity contribution in [3.8, 4) is 28.5 Å². The molecular formula is C19H12F2N2. The SMILES string of the molecule is N#CCc1ccc(-c2ccccc2F)c(-c2ccccc2F)n1. The molecule has 1 aromatic heterocycles. The van der Waals surface area contributed by atoms with Crippen molar-refractivity contribution in [1.82, 2.24) is 4.98 Å². The number of benzene rings is 2. The fraction of sp³-hybridized carbons (Fsp3) is 0.0526. The second-order valence-corrected chi connectivity index (χ2v) is 4.99. The van der Waals surface area contributed by atoms with Gasteiger partial charge in [-0.25, -0.2) is 8.78 Å². The molecule has 0 N–H and O–H groups in total. The Balaban J connectivity index is 2.27. The Bertz CT molecular complexity index is 898. The number of nitriles is 1. The molecule has 0 aliphatic heterocycles. The summed E-state index contributed by atoms with van der Waals surface area (Å²) in [5.74, 6) is -0.841. The van der Waals surface area contributed by atoms with E-state index in [1.807, 2.05) is 6.07 Å². The van der Waals surface area contributed by atoms with Crippen molar-refractivity contribution in [1.29, 1.82) is 5.26 Å². The van der Waals surface area contributed by atoms with Crippen molar-refractivity contribution in [2.24, 2.45) is 0 Å². The molecular weight excluding hydrogens is 294 g/mol. The standard InChI is InChI=1S/C19H12F2N2/c20-17-7-3-1-5-14(17)15-10-9-13(11-12-22)23-19(15)16-6-2-4-8-18(16)21/h1-10H,11H2. The normalized spacial score (nSPS) is 10.3. The lowest BCUT2D eigenvalue weighted by Crippen LogP contribution is -1.97. The third-order valence-corrected chi connectivity index (χ3v) is 3.51. The molecule has 0 radical (unpaired) electrons. The molecule has 0 aliphatic rings. The van der Waals surface area contributed by atoms with E-state index >= 15 is 0 Å². The van der Waals surface area contributed by atoms with Crippen LogP contribution in [0.4, 0.5) is 8.78 Å². The minimum atomic E-state index is -0.438. The lowest BCUT2D eigenvalue weighted by Gasteiger charge is -2.12. The van der Waals surface area contributed by atoms with E-state index in [2.05, 4.69) is 4.98 Å². The van der Waals surface area contributed by atoms with Gasteiger partial charge in [-0.2, -0.15) is 5.26 Å². The zero-order valence-corrected chi connectivity index (χ0v) is 12.1. The maximum absolute atomic E-state index is 14.2. The van der Waals surface area contributed by atoms with Crippen molar-refractivity contribution in [3.05, 3.63) is 78.0 Å². The highest BCUT2D eigenvalue weighted by Crippen LogP contribution is 2.33. The molecule has 0 aliphatic carbocycles. The molecule has 2 nitrogen and oxygen atoms in total. The summed E-state index contributed by atoms with van der Waals surface area (Å²) in [6.07, 6.45) is 0.110. The van der Waals surface area contributed by atoms with Gasteiger partial charge in [0.15, 0.2) is 0 Å². The molecule has 0 fully saturated rings. The summed E-state index contributed by atoms with van der Waals surface area (Å²) in [5, 5.41) is 8.84. The average molecular weight is 306 g/mol. The molecule has 0 unspecified atom stereocenters. The Morgan fingerprint density at radius 3 is 2.00 bits per heavy atom. The van der Waals surface area contributed by atoms with Crippen molar-refractivity contribution in [3.63, 3.8) is 0 Å². The number of hydrogen-bond acceptors (Lipinski definition) is 2. The third-order valence-electron chi connectivity index (χ3n) is 3.51. The second kappa shape index (κ2) is 6.37. The molecule has 0 amide bonds. The van der Waals surface area contributed by atoms with E-state index in [-0.39, 0.29) is 12.0 Å². The van der Waals surface area contributed by atoms with E-state index in [9.17, 15) is 8.78 Å². The summed E-state index contributed by atoms with van der Waals surface area (Å²) < 4.78 is 28.3. The summed E-state index contributed by atoms with van der Waals surface area (Å²) in [6, 6.07) is 17.9. The van der Waals surface area contributed by atoms with Gasteiger partial charge in [-0.3, -0.25) is 4.98 Å². The number of nitrogens with zero attached hydrogens (tertiary/aromatic N) is 2. The van der Waals surface area contributed by atoms with Crippen molar-refractivity contribution < 1.29 is 8.78 Å². The van der Waals surface area contributed by atoms with E-state index in [1.165, 1.54) is 12.1 Å². The van der Waals surface area contributed by atoms with E-state index in [4.69, 9.17) is 5.26 Å². The summed E-state index contributed by atoms with van der Waals surface area (Å²) in [4.78, 5) is 4.38. The Morgan fingerprint density at radius 2 is 1.39 bits per heavy atom. The number of rotatable bonds is 3. The lowest BCUT2D eigenvalue weighted by molar-refractivity contribution is 0.628. The molecule has 0 bridgehead atoms. The van der Waals surface area contributed by atoms with Crippen LogP contribution >= 0.6 is 0 Å². The molecule has 3 rings (SSSR count). The average Bonchev–Trinajstić information content (AvgIpc) is 2.56. The Kier molecular flexibility index (Phi) is 4.11. The fourth-order valence-electron chi connectivity index (χ4n) is 2.43. The van der Waals surface area contributed by atoms with Crippen LogP contribution in [0.5, 0.6) is 0 Å². The number of hydrogen-bond donors (Lipinski definition) is 0. The molecule has 0 spiro atoms. The predicted molar refractivity (Wildman–Crippen MR) is 84.3 cm³/mol. The molecule has 0 saturated carbocycles. The van der Waals surface area contributed by atoms with E-state index in [0.717, 1.165) is 0 Å². The molecule has 3 aromatic rings. The largest absolute Gasteiger partial charge is 0.251 e. The predicted octanol–water partition coefficient (Wildman–Crippen LogP) is 4.76. The quantitative estimate of drug-likeness (QED) is 0.699. The molecule has 1 heterocycles. The zero-order chi connectivity index (χ0) is 16.2. The van der Waals surface area contributed by atoms with Gasteiger partial charge in [-0.15, -0.1) is 0 Å². The van der Waals surface area contributed by atoms with Crippen LogP contribution in [0.15, 0.2) is 60.7 Å². The van der Waals surface area contributed by atoms with Gasteiger partial charge in [0, 0.05) is 16.7 Å². The van der Waals surface area contributed by atoms with Crippen LogP contribution in [0.25, 0.3) is 22.4 Å². The maximum atomic E-state index is 14.2. The highest BCUT2D eigenvalue weighted by molar-refractivity contribution is 5.81. The van der Waals surface area contributed by atoms with Gasteiger partial charge >= 0.3 is 0 Å². The first-order valence-electron chi connectivity index (χ1n) is 7.07. The minimum Gasteiger partial charge on any atom is -0.251 e. The van der Waals surface area contributed by atoms with Gasteiger partial charge in [0.1, 0.15) is 11.6 Å². The van der Waals surface area contributed by atoms with Crippen molar-refractivity contribution in [2.75, 3.05) is 0 Å². The van der Waals surface area contributed by atoms with Crippen LogP contribution < -0.4 is 0 Å². The first-order valence-corrected chi connectivity index (χ1v) is 7.07. The first-order chi connectivity index (χ1) is 11.2. The van der Waals surface area contributed by atoms with Gasteiger partial charge in [0.2, 0.25) is 0 Å². The second-order valence-electron chi connectivity index (χ2n) is 4.99. The van der Waals surface area contributed by atoms with E-state index < -0.39 is 11.6 Å². The van der Waals surface area contributed by atoms with Crippen molar-refractivity contribution >= 4 is 0 Å². The van der Waals surface area contributed by atoms with Gasteiger partial charge in [-0.1, -0.05) is 36.4 Å². The van der Waals surface area contributed by atoms with Crippen LogP contribution in [-0.2, 0) is 6.42 Å². The molecule has 112 valence electrons. The zero-order valence-electron chi connectivity index (χ0n) is 12.1. The fourth-order valence-corrected chi connectivity index (χ4v) is 2.43. The van der Waals surface area contributed by atoms with Gasteiger partial charge in [-0.05, 0) is 24.3 Å². The van der Waals surface area contributed by atoms with Crippen LogP contribution in [0.2, 0.25) is 0 Å². The Morgan fingerprint density at radius 1 is 0.783 bits per heavy atom. The topological polar surface area (TPSA) is 36.7 Å². The first kappa shape index (κ1) is 14.9. The van der Waals surface area contributed by atoms with E-state index in [1.54, 1.807) is 48.5 Å². The summed E-state index contributed by atoms with van der Waals surface area (Å²) in [6.45, 7) is 0. The lowest BCUT2D eigenvalue weighted by atomic mass is 9.98. The highest BCUT2D eigenvalue weighted by Gasteiger charge is 2.16.